The van der Waals surface area contributed by atoms with Crippen molar-refractivity contribution in [3.05, 3.63) is 29.8 Å². The summed E-state index contributed by atoms with van der Waals surface area (Å²) in [6.07, 6.45) is -4.71. The van der Waals surface area contributed by atoms with Gasteiger partial charge in [0.2, 0.25) is 0 Å². The van der Waals surface area contributed by atoms with E-state index < -0.39 is 6.36 Å². The van der Waals surface area contributed by atoms with Gasteiger partial charge in [0, 0.05) is 38.1 Å². The first-order valence-electron chi connectivity index (χ1n) is 8.34. The molecule has 0 saturated carbocycles. The van der Waals surface area contributed by atoms with Crippen LogP contribution in [0, 0.1) is 5.92 Å². The van der Waals surface area contributed by atoms with Crippen LogP contribution < -0.4 is 15.4 Å². The smallest absolute Gasteiger partial charge is 0.406 e. The Labute approximate surface area is 151 Å². The summed E-state index contributed by atoms with van der Waals surface area (Å²) in [5, 5.41) is 5.72. The third kappa shape index (κ3) is 6.72. The van der Waals surface area contributed by atoms with Crippen molar-refractivity contribution in [1.82, 2.24) is 20.4 Å². The second-order valence-electron chi connectivity index (χ2n) is 6.87. The van der Waals surface area contributed by atoms with Gasteiger partial charge < -0.3 is 25.2 Å². The molecule has 1 aromatic rings. The summed E-state index contributed by atoms with van der Waals surface area (Å²) in [5.74, 6) is 0.0609. The number of ether oxygens (including phenoxy) is 1. The molecular weight excluding hydrogens is 349 g/mol. The van der Waals surface area contributed by atoms with Crippen LogP contribution in [0.1, 0.15) is 5.56 Å². The Morgan fingerprint density at radius 1 is 1.27 bits per heavy atom. The van der Waals surface area contributed by atoms with Gasteiger partial charge in [-0.3, -0.25) is 0 Å². The van der Waals surface area contributed by atoms with Gasteiger partial charge in [-0.2, -0.15) is 0 Å². The van der Waals surface area contributed by atoms with Crippen LogP contribution in [0.4, 0.5) is 18.0 Å². The molecule has 146 valence electrons. The lowest BCUT2D eigenvalue weighted by Gasteiger charge is -2.23. The van der Waals surface area contributed by atoms with Crippen molar-refractivity contribution in [2.75, 3.05) is 40.8 Å². The van der Waals surface area contributed by atoms with E-state index in [2.05, 4.69) is 25.2 Å². The molecule has 0 aromatic heterocycles. The molecule has 2 amide bonds. The number of hydrogen-bond donors (Lipinski definition) is 2. The van der Waals surface area contributed by atoms with Crippen LogP contribution >= 0.6 is 0 Å². The van der Waals surface area contributed by atoms with Crippen molar-refractivity contribution < 1.29 is 22.7 Å². The zero-order valence-corrected chi connectivity index (χ0v) is 15.1. The fraction of sp³-hybridized carbons (Fsp3) is 0.588. The van der Waals surface area contributed by atoms with Crippen LogP contribution in [0.2, 0.25) is 0 Å². The Morgan fingerprint density at radius 2 is 1.92 bits per heavy atom. The number of carbonyl (C=O) groups is 1. The molecule has 1 aliphatic rings. The van der Waals surface area contributed by atoms with Gasteiger partial charge in [0.25, 0.3) is 0 Å². The Morgan fingerprint density at radius 3 is 2.50 bits per heavy atom. The third-order valence-corrected chi connectivity index (χ3v) is 4.15. The van der Waals surface area contributed by atoms with E-state index in [9.17, 15) is 18.0 Å². The minimum Gasteiger partial charge on any atom is -0.406 e. The lowest BCUT2D eigenvalue weighted by Crippen LogP contribution is -2.47. The monoisotopic (exact) mass is 374 g/mol. The number of rotatable bonds is 6. The van der Waals surface area contributed by atoms with E-state index in [4.69, 9.17) is 0 Å². The number of nitrogens with one attached hydrogen (secondary N) is 2. The molecule has 1 saturated heterocycles. The van der Waals surface area contributed by atoms with Gasteiger partial charge in [0.05, 0.1) is 0 Å². The first kappa shape index (κ1) is 20.3. The molecule has 0 bridgehead atoms. The van der Waals surface area contributed by atoms with Crippen molar-refractivity contribution in [2.45, 2.75) is 18.9 Å². The minimum absolute atomic E-state index is 0.0601. The zero-order valence-electron chi connectivity index (χ0n) is 15.1. The summed E-state index contributed by atoms with van der Waals surface area (Å²) in [4.78, 5) is 16.4. The van der Waals surface area contributed by atoms with E-state index in [1.54, 1.807) is 0 Å². The second-order valence-corrected chi connectivity index (χ2v) is 6.87. The van der Waals surface area contributed by atoms with Crippen molar-refractivity contribution in [2.24, 2.45) is 5.92 Å². The number of amides is 2. The summed E-state index contributed by atoms with van der Waals surface area (Å²) in [5.41, 5.74) is 0.683. The van der Waals surface area contributed by atoms with Crippen molar-refractivity contribution >= 4 is 6.03 Å². The molecule has 9 heteroatoms. The highest BCUT2D eigenvalue weighted by Crippen LogP contribution is 2.22. The molecule has 1 fully saturated rings. The van der Waals surface area contributed by atoms with Crippen LogP contribution in [0.5, 0.6) is 5.75 Å². The average Bonchev–Trinajstić information content (AvgIpc) is 2.83. The highest BCUT2D eigenvalue weighted by atomic mass is 19.4. The summed E-state index contributed by atoms with van der Waals surface area (Å²) in [6, 6.07) is 5.19. The number of hydrogen-bond acceptors (Lipinski definition) is 4. The Hall–Kier alpha value is -2.00. The highest BCUT2D eigenvalue weighted by Gasteiger charge is 2.32. The van der Waals surface area contributed by atoms with Crippen LogP contribution in [0.25, 0.3) is 0 Å². The van der Waals surface area contributed by atoms with E-state index >= 15 is 0 Å². The van der Waals surface area contributed by atoms with E-state index in [0.717, 1.165) is 19.6 Å². The number of halogens is 3. The first-order chi connectivity index (χ1) is 12.1. The molecule has 6 nitrogen and oxygen atoms in total. The van der Waals surface area contributed by atoms with Crippen molar-refractivity contribution in [3.8, 4) is 5.75 Å². The highest BCUT2D eigenvalue weighted by molar-refractivity contribution is 5.74. The molecule has 1 aliphatic heterocycles. The second kappa shape index (κ2) is 8.59. The Kier molecular flexibility index (Phi) is 6.71. The molecular formula is C17H25F3N4O2. The van der Waals surface area contributed by atoms with Crippen LogP contribution in [-0.2, 0) is 6.54 Å². The molecule has 2 N–H and O–H groups in total. The number of benzene rings is 1. The predicted molar refractivity (Wildman–Crippen MR) is 91.8 cm³/mol. The summed E-state index contributed by atoms with van der Waals surface area (Å²) < 4.78 is 40.2. The van der Waals surface area contributed by atoms with Crippen LogP contribution in [0.3, 0.4) is 0 Å². The normalized spacial score (nSPS) is 21.0. The molecule has 1 heterocycles. The van der Waals surface area contributed by atoms with Crippen molar-refractivity contribution in [1.29, 1.82) is 0 Å². The number of nitrogens with zero attached hydrogens (tertiary/aromatic N) is 2. The van der Waals surface area contributed by atoms with Gasteiger partial charge in [0.1, 0.15) is 5.75 Å². The molecule has 0 radical (unpaired) electrons. The molecule has 2 rings (SSSR count). The first-order valence-corrected chi connectivity index (χ1v) is 8.34. The standard InChI is InChI=1S/C17H25F3N4O2/c1-23(2)9-13-10-24(3)11-15(13)22-16(25)21-8-12-4-6-14(7-5-12)26-17(18,19)20/h4-7,13,15H,8-11H2,1-3H3,(H2,21,22,25)/t13-,15-/m1/s1. The van der Waals surface area contributed by atoms with Gasteiger partial charge in [-0.25, -0.2) is 4.79 Å². The largest absolute Gasteiger partial charge is 0.573 e. The fourth-order valence-corrected chi connectivity index (χ4v) is 3.12. The lowest BCUT2D eigenvalue weighted by atomic mass is 10.0. The number of carbonyl (C=O) groups excluding carboxylic acids is 1. The minimum atomic E-state index is -4.71. The molecule has 2 atom stereocenters. The van der Waals surface area contributed by atoms with E-state index in [1.165, 1.54) is 24.3 Å². The Bertz CT molecular complexity index is 593. The van der Waals surface area contributed by atoms with Gasteiger partial charge >= 0.3 is 12.4 Å². The fourth-order valence-electron chi connectivity index (χ4n) is 3.12. The van der Waals surface area contributed by atoms with Gasteiger partial charge in [-0.05, 0) is 38.8 Å². The van der Waals surface area contributed by atoms with Crippen molar-refractivity contribution in [3.63, 3.8) is 0 Å². The molecule has 0 spiro atoms. The summed E-state index contributed by atoms with van der Waals surface area (Å²) >= 11 is 0. The molecule has 0 aliphatic carbocycles. The Balaban J connectivity index is 1.81. The number of likely N-dealkylation sites (N-methyl/N-ethyl adjacent to an activating group) is 1. The predicted octanol–water partition coefficient (Wildman–Crippen LogP) is 1.88. The quantitative estimate of drug-likeness (QED) is 0.798. The number of urea groups is 1. The SMILES string of the molecule is CN(C)C[C@@H]1CN(C)C[C@H]1NC(=O)NCc1ccc(OC(F)(F)F)cc1. The maximum Gasteiger partial charge on any atom is 0.573 e. The average molecular weight is 374 g/mol. The van der Waals surface area contributed by atoms with Crippen LogP contribution in [0.15, 0.2) is 24.3 Å². The number of alkyl halides is 3. The summed E-state index contributed by atoms with van der Waals surface area (Å²) in [6.45, 7) is 2.81. The topological polar surface area (TPSA) is 56.8 Å². The maximum atomic E-state index is 12.1. The van der Waals surface area contributed by atoms with Gasteiger partial charge in [-0.1, -0.05) is 12.1 Å². The van der Waals surface area contributed by atoms with E-state index in [1.807, 2.05) is 21.1 Å². The van der Waals surface area contributed by atoms with E-state index in [0.29, 0.717) is 11.5 Å². The number of likely N-dealkylation sites (tertiary alicyclic amines) is 1. The van der Waals surface area contributed by atoms with Gasteiger partial charge in [0.15, 0.2) is 0 Å². The lowest BCUT2D eigenvalue weighted by molar-refractivity contribution is -0.274. The third-order valence-electron chi connectivity index (χ3n) is 4.15. The maximum absolute atomic E-state index is 12.1. The van der Waals surface area contributed by atoms with Crippen LogP contribution in [-0.4, -0.2) is 69.0 Å². The summed E-state index contributed by atoms with van der Waals surface area (Å²) in [7, 11) is 6.02. The molecule has 26 heavy (non-hydrogen) atoms. The zero-order chi connectivity index (χ0) is 19.3. The molecule has 1 aromatic carbocycles. The van der Waals surface area contributed by atoms with E-state index in [-0.39, 0.29) is 24.4 Å². The molecule has 0 unspecified atom stereocenters. The van der Waals surface area contributed by atoms with Gasteiger partial charge in [-0.15, -0.1) is 13.2 Å².